The van der Waals surface area contributed by atoms with Crippen molar-refractivity contribution in [3.8, 4) is 5.75 Å². The summed E-state index contributed by atoms with van der Waals surface area (Å²) in [6.45, 7) is 4.44. The average molecular weight is 471 g/mol. The zero-order valence-electron chi connectivity index (χ0n) is 18.8. The average Bonchev–Trinajstić information content (AvgIpc) is 2.78. The molecule has 0 bridgehead atoms. The first-order chi connectivity index (χ1) is 15.7. The Labute approximate surface area is 194 Å². The number of hydrogen-bond acceptors (Lipinski definition) is 4. The molecular weight excluding hydrogens is 443 g/mol. The van der Waals surface area contributed by atoms with Gasteiger partial charge in [-0.15, -0.1) is 0 Å². The number of carbonyl (C=O) groups is 1. The molecule has 3 aromatic rings. The van der Waals surface area contributed by atoms with Crippen LogP contribution >= 0.6 is 0 Å². The van der Waals surface area contributed by atoms with Crippen LogP contribution in [0.5, 0.6) is 5.75 Å². The number of rotatable bonds is 9. The van der Waals surface area contributed by atoms with Gasteiger partial charge in [-0.2, -0.15) is 0 Å². The summed E-state index contributed by atoms with van der Waals surface area (Å²) >= 11 is 0. The first-order valence-electron chi connectivity index (χ1n) is 10.5. The zero-order chi connectivity index (χ0) is 24.0. The first-order valence-corrected chi connectivity index (χ1v) is 12.4. The molecule has 0 aliphatic rings. The fourth-order valence-corrected chi connectivity index (χ4v) is 4.21. The van der Waals surface area contributed by atoms with Gasteiger partial charge >= 0.3 is 0 Å². The Kier molecular flexibility index (Phi) is 7.71. The topological polar surface area (TPSA) is 75.7 Å². The minimum Gasteiger partial charge on any atom is -0.494 e. The zero-order valence-corrected chi connectivity index (χ0v) is 19.6. The molecule has 1 N–H and O–H groups in total. The van der Waals surface area contributed by atoms with Crippen LogP contribution in [-0.2, 0) is 16.6 Å². The lowest BCUT2D eigenvalue weighted by atomic mass is 10.1. The van der Waals surface area contributed by atoms with Gasteiger partial charge in [0.1, 0.15) is 11.6 Å². The van der Waals surface area contributed by atoms with Crippen LogP contribution < -0.4 is 14.4 Å². The predicted octanol–water partition coefficient (Wildman–Crippen LogP) is 4.68. The highest BCUT2D eigenvalue weighted by Gasteiger charge is 2.19. The van der Waals surface area contributed by atoms with E-state index in [9.17, 15) is 17.6 Å². The molecule has 0 saturated carbocycles. The smallest absolute Gasteiger partial charge is 0.251 e. The Hall–Kier alpha value is -3.39. The number of nitrogens with one attached hydrogen (secondary N) is 1. The summed E-state index contributed by atoms with van der Waals surface area (Å²) in [4.78, 5) is 12.7. The minimum atomic E-state index is -3.59. The molecule has 0 spiro atoms. The van der Waals surface area contributed by atoms with Crippen molar-refractivity contribution in [2.45, 2.75) is 26.4 Å². The lowest BCUT2D eigenvalue weighted by molar-refractivity contribution is 0.0940. The van der Waals surface area contributed by atoms with Gasteiger partial charge in [0, 0.05) is 5.56 Å². The number of carbonyl (C=O) groups excluding carboxylic acids is 1. The van der Waals surface area contributed by atoms with E-state index in [0.29, 0.717) is 23.4 Å². The Morgan fingerprint density at radius 3 is 2.15 bits per heavy atom. The molecule has 0 aliphatic heterocycles. The van der Waals surface area contributed by atoms with Gasteiger partial charge in [-0.25, -0.2) is 12.8 Å². The van der Waals surface area contributed by atoms with Crippen molar-refractivity contribution in [2.24, 2.45) is 0 Å². The molecule has 3 aromatic carbocycles. The van der Waals surface area contributed by atoms with Crippen LogP contribution in [0.25, 0.3) is 0 Å². The molecule has 1 atom stereocenters. The Morgan fingerprint density at radius 1 is 1.00 bits per heavy atom. The quantitative estimate of drug-likeness (QED) is 0.493. The molecule has 33 heavy (non-hydrogen) atoms. The molecule has 0 unspecified atom stereocenters. The maximum absolute atomic E-state index is 13.2. The van der Waals surface area contributed by atoms with Crippen LogP contribution in [0, 0.1) is 5.82 Å². The van der Waals surface area contributed by atoms with Crippen molar-refractivity contribution < 1.29 is 22.3 Å². The van der Waals surface area contributed by atoms with Gasteiger partial charge in [0.05, 0.1) is 31.1 Å². The van der Waals surface area contributed by atoms with E-state index in [-0.39, 0.29) is 24.3 Å². The Morgan fingerprint density at radius 2 is 1.61 bits per heavy atom. The molecule has 1 amide bonds. The number of halogens is 1. The van der Waals surface area contributed by atoms with Crippen LogP contribution in [0.15, 0.2) is 72.8 Å². The summed E-state index contributed by atoms with van der Waals surface area (Å²) in [5.41, 5.74) is 2.41. The minimum absolute atomic E-state index is 0.0550. The summed E-state index contributed by atoms with van der Waals surface area (Å²) in [6.07, 6.45) is 1.11. The third kappa shape index (κ3) is 6.55. The first kappa shape index (κ1) is 24.3. The number of hydrogen-bond donors (Lipinski definition) is 1. The van der Waals surface area contributed by atoms with Gasteiger partial charge in [0.25, 0.3) is 5.91 Å². The fraction of sp³-hybridized carbons (Fsp3) is 0.240. The highest BCUT2D eigenvalue weighted by Crippen LogP contribution is 2.22. The molecule has 0 radical (unpaired) electrons. The van der Waals surface area contributed by atoms with Crippen LogP contribution in [-0.4, -0.2) is 27.2 Å². The highest BCUT2D eigenvalue weighted by molar-refractivity contribution is 7.92. The maximum atomic E-state index is 13.2. The predicted molar refractivity (Wildman–Crippen MR) is 127 cm³/mol. The molecule has 0 saturated heterocycles. The van der Waals surface area contributed by atoms with E-state index in [1.54, 1.807) is 24.3 Å². The number of benzene rings is 3. The Balaban J connectivity index is 1.71. The summed E-state index contributed by atoms with van der Waals surface area (Å²) in [5.74, 6) is 0.110. The van der Waals surface area contributed by atoms with Gasteiger partial charge < -0.3 is 10.1 Å². The second kappa shape index (κ2) is 10.5. The number of nitrogens with zero attached hydrogens (tertiary/aromatic N) is 1. The van der Waals surface area contributed by atoms with Crippen molar-refractivity contribution in [3.05, 3.63) is 95.3 Å². The normalized spacial score (nSPS) is 12.1. The van der Waals surface area contributed by atoms with Gasteiger partial charge in [-0.1, -0.05) is 24.3 Å². The second-order valence-electron chi connectivity index (χ2n) is 7.64. The van der Waals surface area contributed by atoms with Crippen molar-refractivity contribution in [1.82, 2.24) is 5.32 Å². The van der Waals surface area contributed by atoms with Gasteiger partial charge in [0.15, 0.2) is 0 Å². The van der Waals surface area contributed by atoms with E-state index in [1.807, 2.05) is 38.1 Å². The Bertz CT molecular complexity index is 1180. The third-order valence-corrected chi connectivity index (χ3v) is 6.24. The van der Waals surface area contributed by atoms with E-state index >= 15 is 0 Å². The largest absolute Gasteiger partial charge is 0.494 e. The van der Waals surface area contributed by atoms with Crippen LogP contribution in [0.3, 0.4) is 0 Å². The molecule has 0 aromatic heterocycles. The van der Waals surface area contributed by atoms with Crippen LogP contribution in [0.2, 0.25) is 0 Å². The maximum Gasteiger partial charge on any atom is 0.251 e. The number of amides is 1. The summed E-state index contributed by atoms with van der Waals surface area (Å²) in [6, 6.07) is 19.3. The van der Waals surface area contributed by atoms with Gasteiger partial charge in [0.2, 0.25) is 10.0 Å². The van der Waals surface area contributed by atoms with Crippen LogP contribution in [0.4, 0.5) is 10.1 Å². The monoisotopic (exact) mass is 470 g/mol. The number of ether oxygens (including phenoxy) is 1. The van der Waals surface area contributed by atoms with Crippen molar-refractivity contribution in [1.29, 1.82) is 0 Å². The van der Waals surface area contributed by atoms with E-state index in [0.717, 1.165) is 17.6 Å². The molecule has 0 aliphatic carbocycles. The highest BCUT2D eigenvalue weighted by atomic mass is 32.2. The fourth-order valence-electron chi connectivity index (χ4n) is 3.32. The van der Waals surface area contributed by atoms with Crippen LogP contribution in [0.1, 0.15) is 41.4 Å². The van der Waals surface area contributed by atoms with E-state index in [4.69, 9.17) is 4.74 Å². The second-order valence-corrected chi connectivity index (χ2v) is 9.55. The molecule has 0 heterocycles. The molecule has 6 nitrogen and oxygen atoms in total. The standard InChI is InChI=1S/C25H27FN2O4S/c1-4-32-24-15-9-20(10-16-24)18(2)27-25(29)21-7-13-23(14-8-21)28(33(3,30)31)17-19-5-11-22(26)12-6-19/h5-16,18H,4,17H2,1-3H3,(H,27,29)/t18-/m0/s1. The molecule has 8 heteroatoms. The SMILES string of the molecule is CCOc1ccc([C@H](C)NC(=O)c2ccc(N(Cc3ccc(F)cc3)S(C)(=O)=O)cc2)cc1. The number of sulfonamides is 1. The molecule has 174 valence electrons. The lowest BCUT2D eigenvalue weighted by Gasteiger charge is -2.23. The van der Waals surface area contributed by atoms with E-state index in [2.05, 4.69) is 5.32 Å². The van der Waals surface area contributed by atoms with Crippen molar-refractivity contribution in [2.75, 3.05) is 17.2 Å². The van der Waals surface area contributed by atoms with Gasteiger partial charge in [-0.05, 0) is 73.5 Å². The van der Waals surface area contributed by atoms with Crippen molar-refractivity contribution >= 4 is 21.6 Å². The summed E-state index contributed by atoms with van der Waals surface area (Å²) in [5, 5.41) is 2.94. The summed E-state index contributed by atoms with van der Waals surface area (Å²) in [7, 11) is -3.59. The third-order valence-electron chi connectivity index (χ3n) is 5.10. The van der Waals surface area contributed by atoms with E-state index in [1.165, 1.54) is 28.6 Å². The molecule has 3 rings (SSSR count). The lowest BCUT2D eigenvalue weighted by Crippen LogP contribution is -2.29. The number of anilines is 1. The summed E-state index contributed by atoms with van der Waals surface area (Å²) < 4.78 is 44.5. The van der Waals surface area contributed by atoms with Crippen molar-refractivity contribution in [3.63, 3.8) is 0 Å². The van der Waals surface area contributed by atoms with Gasteiger partial charge in [-0.3, -0.25) is 9.10 Å². The van der Waals surface area contributed by atoms with E-state index < -0.39 is 10.0 Å². The molecule has 0 fully saturated rings. The molecular formula is C25H27FN2O4S.